The van der Waals surface area contributed by atoms with Gasteiger partial charge in [-0.1, -0.05) is 30.7 Å². The molecule has 2 aliphatic rings. The van der Waals surface area contributed by atoms with Gasteiger partial charge in [0.25, 0.3) is 0 Å². The van der Waals surface area contributed by atoms with E-state index in [4.69, 9.17) is 4.42 Å². The zero-order chi connectivity index (χ0) is 36.8. The number of carboxylic acid groups (broad SMARTS) is 1. The largest absolute Gasteiger partial charge is 0.508 e. The number of phenols is 1. The van der Waals surface area contributed by atoms with Crippen molar-refractivity contribution in [1.82, 2.24) is 20.9 Å². The molecule has 2 heterocycles. The maximum atomic E-state index is 12.7. The zero-order valence-corrected chi connectivity index (χ0v) is 28.2. The van der Waals surface area contributed by atoms with Crippen molar-refractivity contribution in [3.63, 3.8) is 0 Å². The lowest BCUT2D eigenvalue weighted by atomic mass is 9.90. The average molecular weight is 704 g/mol. The van der Waals surface area contributed by atoms with Crippen LogP contribution in [0.15, 0.2) is 94.3 Å². The Hall–Kier alpha value is -6.63. The van der Waals surface area contributed by atoms with Gasteiger partial charge in [-0.25, -0.2) is 9.59 Å². The fourth-order valence-electron chi connectivity index (χ4n) is 6.30. The van der Waals surface area contributed by atoms with Crippen molar-refractivity contribution in [2.75, 3.05) is 18.9 Å². The lowest BCUT2D eigenvalue weighted by Gasteiger charge is -2.17. The van der Waals surface area contributed by atoms with Crippen LogP contribution in [0.5, 0.6) is 5.75 Å². The normalized spacial score (nSPS) is 11.7. The van der Waals surface area contributed by atoms with E-state index in [0.717, 1.165) is 16.5 Å². The van der Waals surface area contributed by atoms with Crippen molar-refractivity contribution in [1.29, 1.82) is 0 Å². The minimum absolute atomic E-state index is 0.0569. The number of carboxylic acids is 1. The number of anilines is 1. The highest BCUT2D eigenvalue weighted by atomic mass is 16.4. The van der Waals surface area contributed by atoms with Crippen molar-refractivity contribution in [2.24, 2.45) is 0 Å². The second kappa shape index (κ2) is 15.5. The standard InChI is InChI=1S/C39H37N5O8/c1-40-37(48)32(17-22-21-42-31-8-5-4-7-26(22)31)44-35(47)9-3-2-6-16-41-39(51)43-23-10-13-27(30(18-23)38(49)50)36-28-14-11-24(45)19-33(28)52-34-20-25(46)12-15-29(34)36/h4-5,7-8,10-15,18-21,32,42,45H,2-3,6,9,16-17H2,1H3,(H,40,48)(H,44,47)(H,49,50)(H2,41,43,51)/t32-/m0/s1. The highest BCUT2D eigenvalue weighted by molar-refractivity contribution is 6.08. The summed E-state index contributed by atoms with van der Waals surface area (Å²) in [7, 11) is 1.53. The number of aromatic amines is 1. The average Bonchev–Trinajstić information content (AvgIpc) is 3.53. The van der Waals surface area contributed by atoms with Crippen LogP contribution in [0.4, 0.5) is 10.5 Å². The number of H-pyrrole nitrogens is 1. The van der Waals surface area contributed by atoms with Gasteiger partial charge in [0, 0.05) is 77.9 Å². The molecule has 0 fully saturated rings. The lowest BCUT2D eigenvalue weighted by Crippen LogP contribution is -2.47. The summed E-state index contributed by atoms with van der Waals surface area (Å²) in [6.07, 6.45) is 4.20. The number of aromatic hydroxyl groups is 1. The van der Waals surface area contributed by atoms with E-state index in [-0.39, 0.29) is 52.0 Å². The van der Waals surface area contributed by atoms with Crippen LogP contribution in [0.3, 0.4) is 0 Å². The maximum absolute atomic E-state index is 12.7. The Labute approximate surface area is 297 Å². The third-order valence-corrected chi connectivity index (χ3v) is 8.82. The summed E-state index contributed by atoms with van der Waals surface area (Å²) in [6.45, 7) is 0.318. The molecule has 0 saturated carbocycles. The summed E-state index contributed by atoms with van der Waals surface area (Å²) in [5.41, 5.74) is 3.35. The first-order valence-corrected chi connectivity index (χ1v) is 16.8. The van der Waals surface area contributed by atoms with Gasteiger partial charge in [-0.05, 0) is 66.4 Å². The molecule has 3 aromatic carbocycles. The number of urea groups is 1. The van der Waals surface area contributed by atoms with E-state index >= 15 is 0 Å². The van der Waals surface area contributed by atoms with E-state index in [9.17, 15) is 34.2 Å². The molecular weight excluding hydrogens is 666 g/mol. The second-order valence-electron chi connectivity index (χ2n) is 12.4. The van der Waals surface area contributed by atoms with Crippen LogP contribution < -0.4 is 26.7 Å². The third-order valence-electron chi connectivity index (χ3n) is 8.82. The molecule has 0 saturated heterocycles. The topological polar surface area (TPSA) is 203 Å². The number of hydrogen-bond acceptors (Lipinski definition) is 7. The van der Waals surface area contributed by atoms with Crippen molar-refractivity contribution < 1.29 is 33.8 Å². The quantitative estimate of drug-likeness (QED) is 0.0594. The number of carbonyl (C=O) groups is 4. The minimum Gasteiger partial charge on any atom is -0.508 e. The molecule has 6 rings (SSSR count). The Bertz CT molecular complexity index is 2330. The van der Waals surface area contributed by atoms with E-state index in [0.29, 0.717) is 54.3 Å². The molecule has 1 atom stereocenters. The number of fused-ring (bicyclic) bond motifs is 3. The highest BCUT2D eigenvalue weighted by Crippen LogP contribution is 2.42. The van der Waals surface area contributed by atoms with E-state index in [1.54, 1.807) is 24.3 Å². The summed E-state index contributed by atoms with van der Waals surface area (Å²) in [5.74, 6) is -1.58. The van der Waals surface area contributed by atoms with Crippen LogP contribution in [0.25, 0.3) is 44.3 Å². The molecule has 13 nitrogen and oxygen atoms in total. The van der Waals surface area contributed by atoms with Gasteiger partial charge in [0.2, 0.25) is 11.8 Å². The first-order valence-electron chi connectivity index (χ1n) is 16.8. The SMILES string of the molecule is CNC(=O)[C@H](Cc1c[nH]c2ccccc12)NC(=O)CCCCCNC(=O)Nc1ccc(-c2c3ccc(=O)cc-3oc3cc(O)ccc23)c(C(=O)O)c1. The summed E-state index contributed by atoms with van der Waals surface area (Å²) < 4.78 is 5.87. The van der Waals surface area contributed by atoms with E-state index in [1.807, 2.05) is 30.5 Å². The fourth-order valence-corrected chi connectivity index (χ4v) is 6.30. The van der Waals surface area contributed by atoms with Gasteiger partial charge < -0.3 is 40.9 Å². The molecule has 52 heavy (non-hydrogen) atoms. The molecule has 7 N–H and O–H groups in total. The number of amides is 4. The monoisotopic (exact) mass is 703 g/mol. The number of carbonyl (C=O) groups excluding carboxylic acids is 3. The molecule has 4 aromatic rings. The number of hydrogen-bond donors (Lipinski definition) is 7. The Morgan fingerprint density at radius 3 is 2.50 bits per heavy atom. The summed E-state index contributed by atoms with van der Waals surface area (Å²) >= 11 is 0. The predicted molar refractivity (Wildman–Crippen MR) is 197 cm³/mol. The van der Waals surface area contributed by atoms with Crippen LogP contribution in [0, 0.1) is 0 Å². The van der Waals surface area contributed by atoms with E-state index in [1.165, 1.54) is 37.4 Å². The number of likely N-dealkylation sites (N-methyl/N-ethyl adjacent to an activating group) is 1. The number of aromatic carboxylic acids is 1. The van der Waals surface area contributed by atoms with Crippen LogP contribution in [0.2, 0.25) is 0 Å². The smallest absolute Gasteiger partial charge is 0.336 e. The summed E-state index contributed by atoms with van der Waals surface area (Å²) in [5, 5.41) is 32.6. The van der Waals surface area contributed by atoms with Crippen molar-refractivity contribution in [2.45, 2.75) is 38.1 Å². The number of unbranched alkanes of at least 4 members (excludes halogenated alkanes) is 2. The Morgan fingerprint density at radius 1 is 0.885 bits per heavy atom. The minimum atomic E-state index is -1.23. The Morgan fingerprint density at radius 2 is 1.69 bits per heavy atom. The third kappa shape index (κ3) is 7.88. The molecule has 0 spiro atoms. The van der Waals surface area contributed by atoms with Gasteiger partial charge in [-0.2, -0.15) is 0 Å². The van der Waals surface area contributed by atoms with Crippen LogP contribution in [0.1, 0.15) is 41.6 Å². The zero-order valence-electron chi connectivity index (χ0n) is 28.2. The highest BCUT2D eigenvalue weighted by Gasteiger charge is 2.23. The molecule has 266 valence electrons. The van der Waals surface area contributed by atoms with E-state index < -0.39 is 18.0 Å². The lowest BCUT2D eigenvalue weighted by molar-refractivity contribution is -0.128. The number of benzene rings is 4. The van der Waals surface area contributed by atoms with Gasteiger partial charge in [0.05, 0.1) is 5.56 Å². The molecule has 4 amide bonds. The summed E-state index contributed by atoms with van der Waals surface area (Å²) in [6, 6.07) is 19.7. The first-order chi connectivity index (χ1) is 25.1. The fraction of sp³-hybridized carbons (Fsp3) is 0.205. The number of aromatic nitrogens is 1. The molecule has 1 aliphatic carbocycles. The van der Waals surface area contributed by atoms with Crippen molar-refractivity contribution in [3.8, 4) is 28.2 Å². The molecule has 0 radical (unpaired) electrons. The first kappa shape index (κ1) is 35.2. The molecule has 1 aromatic heterocycles. The Kier molecular flexibility index (Phi) is 10.5. The number of phenolic OH excluding ortho intramolecular Hbond substituents is 1. The van der Waals surface area contributed by atoms with Crippen LogP contribution in [-0.4, -0.2) is 58.6 Å². The maximum Gasteiger partial charge on any atom is 0.336 e. The van der Waals surface area contributed by atoms with Crippen LogP contribution in [-0.2, 0) is 16.0 Å². The van der Waals surface area contributed by atoms with Crippen molar-refractivity contribution >= 4 is 51.4 Å². The number of para-hydroxylation sites is 1. The molecule has 13 heteroatoms. The molecule has 1 aliphatic heterocycles. The van der Waals surface area contributed by atoms with E-state index in [2.05, 4.69) is 26.3 Å². The molecule has 0 bridgehead atoms. The van der Waals surface area contributed by atoms with Gasteiger partial charge in [0.1, 0.15) is 23.1 Å². The number of rotatable bonds is 13. The van der Waals surface area contributed by atoms with Gasteiger partial charge in [-0.15, -0.1) is 0 Å². The Balaban J connectivity index is 1.02. The van der Waals surface area contributed by atoms with Gasteiger partial charge in [0.15, 0.2) is 5.43 Å². The summed E-state index contributed by atoms with van der Waals surface area (Å²) in [4.78, 5) is 65.7. The molecular formula is C39H37N5O8. The van der Waals surface area contributed by atoms with Gasteiger partial charge in [-0.3, -0.25) is 14.4 Å². The molecule has 0 unspecified atom stereocenters. The van der Waals surface area contributed by atoms with Gasteiger partial charge >= 0.3 is 12.0 Å². The second-order valence-corrected chi connectivity index (χ2v) is 12.4. The predicted octanol–water partition coefficient (Wildman–Crippen LogP) is 5.61. The van der Waals surface area contributed by atoms with Crippen molar-refractivity contribution in [3.05, 3.63) is 106 Å². The van der Waals surface area contributed by atoms with Crippen LogP contribution >= 0.6 is 0 Å². The number of nitrogens with one attached hydrogen (secondary N) is 5.